The number of thiophene rings is 2. The van der Waals surface area contributed by atoms with Crippen molar-refractivity contribution in [3.05, 3.63) is 44.8 Å². The van der Waals surface area contributed by atoms with Crippen LogP contribution in [0.1, 0.15) is 21.0 Å². The van der Waals surface area contributed by atoms with Gasteiger partial charge in [-0.1, -0.05) is 12.1 Å². The number of amides is 2. The van der Waals surface area contributed by atoms with Crippen LogP contribution in [0.15, 0.2) is 35.0 Å². The van der Waals surface area contributed by atoms with Gasteiger partial charge in [-0.15, -0.1) is 22.7 Å². The molecule has 0 aromatic carbocycles. The van der Waals surface area contributed by atoms with Gasteiger partial charge in [0.1, 0.15) is 0 Å². The Morgan fingerprint density at radius 2 is 1.80 bits per heavy atom. The maximum Gasteiger partial charge on any atom is 0.264 e. The Morgan fingerprint density at radius 3 is 2.48 bits per heavy atom. The monoisotopic (exact) mass is 377 g/mol. The lowest BCUT2D eigenvalue weighted by molar-refractivity contribution is -0.121. The number of nitrogens with zero attached hydrogens (tertiary/aromatic N) is 2. The number of carbonyl (C=O) groups is 2. The van der Waals surface area contributed by atoms with Crippen molar-refractivity contribution in [2.45, 2.75) is 12.8 Å². The molecule has 1 saturated heterocycles. The molecule has 0 spiro atoms. The molecule has 1 aliphatic heterocycles. The summed E-state index contributed by atoms with van der Waals surface area (Å²) >= 11 is 3.19. The summed E-state index contributed by atoms with van der Waals surface area (Å²) in [5.41, 5.74) is 0. The Hall–Kier alpha value is -1.70. The van der Waals surface area contributed by atoms with Crippen LogP contribution in [0.5, 0.6) is 0 Å². The van der Waals surface area contributed by atoms with Crippen LogP contribution in [0.2, 0.25) is 0 Å². The molecule has 0 saturated carbocycles. The Balaban J connectivity index is 1.30. The van der Waals surface area contributed by atoms with E-state index in [1.54, 1.807) is 11.3 Å². The van der Waals surface area contributed by atoms with E-state index in [0.717, 1.165) is 44.0 Å². The third kappa shape index (κ3) is 5.39. The van der Waals surface area contributed by atoms with Crippen molar-refractivity contribution in [2.75, 3.05) is 39.3 Å². The van der Waals surface area contributed by atoms with Crippen LogP contribution >= 0.6 is 22.7 Å². The highest BCUT2D eigenvalue weighted by Gasteiger charge is 2.22. The van der Waals surface area contributed by atoms with Crippen LogP contribution in [-0.2, 0) is 11.2 Å². The second kappa shape index (κ2) is 9.12. The normalized spacial score (nSPS) is 15.3. The van der Waals surface area contributed by atoms with Crippen LogP contribution in [0.3, 0.4) is 0 Å². The van der Waals surface area contributed by atoms with Crippen molar-refractivity contribution in [1.29, 1.82) is 0 Å². The maximum atomic E-state index is 12.3. The van der Waals surface area contributed by atoms with E-state index in [9.17, 15) is 9.59 Å². The predicted molar refractivity (Wildman–Crippen MR) is 102 cm³/mol. The number of hydrogen-bond donors (Lipinski definition) is 1. The van der Waals surface area contributed by atoms with Gasteiger partial charge in [-0.25, -0.2) is 0 Å². The SMILES string of the molecule is O=C(CCc1cccs1)NCCN1CCN(C(=O)c2cccs2)CC1. The zero-order valence-electron chi connectivity index (χ0n) is 14.1. The molecule has 5 nitrogen and oxygen atoms in total. The number of rotatable bonds is 7. The fourth-order valence-electron chi connectivity index (χ4n) is 2.86. The van der Waals surface area contributed by atoms with Crippen molar-refractivity contribution < 1.29 is 9.59 Å². The van der Waals surface area contributed by atoms with Crippen molar-refractivity contribution in [3.63, 3.8) is 0 Å². The van der Waals surface area contributed by atoms with Gasteiger partial charge in [0, 0.05) is 50.6 Å². The standard InChI is InChI=1S/C18H23N3O2S2/c22-17(6-5-15-3-1-13-24-15)19-7-8-20-9-11-21(12-10-20)18(23)16-4-2-14-25-16/h1-4,13-14H,5-12H2,(H,19,22). The molecule has 1 N–H and O–H groups in total. The van der Waals surface area contributed by atoms with Crippen LogP contribution in [0.25, 0.3) is 0 Å². The third-order valence-corrected chi connectivity index (χ3v) is 6.11. The molecule has 0 radical (unpaired) electrons. The molecule has 3 rings (SSSR count). The molecule has 0 bridgehead atoms. The lowest BCUT2D eigenvalue weighted by atomic mass is 10.2. The molecular formula is C18H23N3O2S2. The number of aryl methyl sites for hydroxylation is 1. The van der Waals surface area contributed by atoms with Crippen LogP contribution in [0.4, 0.5) is 0 Å². The summed E-state index contributed by atoms with van der Waals surface area (Å²) in [5, 5.41) is 6.97. The molecule has 3 heterocycles. The van der Waals surface area contributed by atoms with Gasteiger partial charge < -0.3 is 10.2 Å². The number of piperazine rings is 1. The predicted octanol–water partition coefficient (Wildman–Crippen LogP) is 2.32. The molecule has 25 heavy (non-hydrogen) atoms. The van der Waals surface area contributed by atoms with Gasteiger partial charge in [-0.05, 0) is 29.3 Å². The van der Waals surface area contributed by atoms with Crippen molar-refractivity contribution in [2.24, 2.45) is 0 Å². The molecular weight excluding hydrogens is 354 g/mol. The van der Waals surface area contributed by atoms with Crippen molar-refractivity contribution in [1.82, 2.24) is 15.1 Å². The molecule has 2 aromatic heterocycles. The summed E-state index contributed by atoms with van der Waals surface area (Å²) in [7, 11) is 0. The zero-order chi connectivity index (χ0) is 17.5. The summed E-state index contributed by atoms with van der Waals surface area (Å²) in [4.78, 5) is 30.5. The molecule has 0 aliphatic carbocycles. The average molecular weight is 378 g/mol. The lowest BCUT2D eigenvalue weighted by Crippen LogP contribution is -2.50. The first kappa shape index (κ1) is 18.1. The Labute approximate surface area is 156 Å². The lowest BCUT2D eigenvalue weighted by Gasteiger charge is -2.34. The van der Waals surface area contributed by atoms with E-state index in [2.05, 4.69) is 16.3 Å². The summed E-state index contributed by atoms with van der Waals surface area (Å²) in [5.74, 6) is 0.247. The molecule has 2 aromatic rings. The molecule has 7 heteroatoms. The molecule has 1 aliphatic rings. The summed E-state index contributed by atoms with van der Waals surface area (Å²) in [6.45, 7) is 4.74. The Morgan fingerprint density at radius 1 is 1.04 bits per heavy atom. The van der Waals surface area contributed by atoms with E-state index in [0.29, 0.717) is 13.0 Å². The fourth-order valence-corrected chi connectivity index (χ4v) is 4.26. The van der Waals surface area contributed by atoms with E-state index in [4.69, 9.17) is 0 Å². The maximum absolute atomic E-state index is 12.3. The second-order valence-corrected chi connectivity index (χ2v) is 8.02. The van der Waals surface area contributed by atoms with E-state index < -0.39 is 0 Å². The summed E-state index contributed by atoms with van der Waals surface area (Å²) < 4.78 is 0. The smallest absolute Gasteiger partial charge is 0.264 e. The van der Waals surface area contributed by atoms with Gasteiger partial charge in [0.15, 0.2) is 0 Å². The highest BCUT2D eigenvalue weighted by atomic mass is 32.1. The van der Waals surface area contributed by atoms with Crippen LogP contribution < -0.4 is 5.32 Å². The molecule has 0 unspecified atom stereocenters. The zero-order valence-corrected chi connectivity index (χ0v) is 15.8. The van der Waals surface area contributed by atoms with Gasteiger partial charge in [0.05, 0.1) is 4.88 Å². The minimum atomic E-state index is 0.111. The fraction of sp³-hybridized carbons (Fsp3) is 0.444. The average Bonchev–Trinajstić information content (AvgIpc) is 3.34. The highest BCUT2D eigenvalue weighted by molar-refractivity contribution is 7.12. The number of nitrogens with one attached hydrogen (secondary N) is 1. The second-order valence-electron chi connectivity index (χ2n) is 6.04. The summed E-state index contributed by atoms with van der Waals surface area (Å²) in [6, 6.07) is 7.87. The third-order valence-electron chi connectivity index (χ3n) is 4.32. The van der Waals surface area contributed by atoms with Gasteiger partial charge in [-0.3, -0.25) is 14.5 Å². The van der Waals surface area contributed by atoms with E-state index >= 15 is 0 Å². The largest absolute Gasteiger partial charge is 0.355 e. The van der Waals surface area contributed by atoms with E-state index in [1.807, 2.05) is 33.9 Å². The molecule has 134 valence electrons. The number of hydrogen-bond acceptors (Lipinski definition) is 5. The summed E-state index contributed by atoms with van der Waals surface area (Å²) in [6.07, 6.45) is 1.36. The quantitative estimate of drug-likeness (QED) is 0.806. The number of carbonyl (C=O) groups excluding carboxylic acids is 2. The first-order valence-electron chi connectivity index (χ1n) is 8.56. The van der Waals surface area contributed by atoms with Crippen LogP contribution in [-0.4, -0.2) is 60.9 Å². The first-order valence-corrected chi connectivity index (χ1v) is 10.3. The van der Waals surface area contributed by atoms with Crippen molar-refractivity contribution >= 4 is 34.5 Å². The van der Waals surface area contributed by atoms with E-state index in [1.165, 1.54) is 16.2 Å². The molecule has 2 amide bonds. The Bertz CT molecular complexity index is 663. The Kier molecular flexibility index (Phi) is 6.61. The van der Waals surface area contributed by atoms with Crippen molar-refractivity contribution in [3.8, 4) is 0 Å². The van der Waals surface area contributed by atoms with Gasteiger partial charge in [-0.2, -0.15) is 0 Å². The molecule has 0 atom stereocenters. The van der Waals surface area contributed by atoms with Gasteiger partial charge in [0.25, 0.3) is 5.91 Å². The first-order chi connectivity index (χ1) is 12.2. The topological polar surface area (TPSA) is 52.7 Å². The molecule has 1 fully saturated rings. The highest BCUT2D eigenvalue weighted by Crippen LogP contribution is 2.14. The van der Waals surface area contributed by atoms with Crippen LogP contribution in [0, 0.1) is 0 Å². The van der Waals surface area contributed by atoms with Gasteiger partial charge in [0.2, 0.25) is 5.91 Å². The van der Waals surface area contributed by atoms with E-state index in [-0.39, 0.29) is 11.8 Å². The van der Waals surface area contributed by atoms with Gasteiger partial charge >= 0.3 is 0 Å². The minimum absolute atomic E-state index is 0.111. The minimum Gasteiger partial charge on any atom is -0.355 e.